The number of halogens is 1. The van der Waals surface area contributed by atoms with Crippen molar-refractivity contribution in [3.63, 3.8) is 0 Å². The lowest BCUT2D eigenvalue weighted by atomic mass is 10.0. The first kappa shape index (κ1) is 10.6. The molecule has 4 nitrogen and oxygen atoms in total. The van der Waals surface area contributed by atoms with Gasteiger partial charge in [0, 0.05) is 10.6 Å². The molecule has 0 aliphatic carbocycles. The minimum Gasteiger partial charge on any atom is -0.397 e. The van der Waals surface area contributed by atoms with Gasteiger partial charge in [0.1, 0.15) is 0 Å². The van der Waals surface area contributed by atoms with E-state index in [1.54, 1.807) is 24.3 Å². The Hall–Kier alpha value is -1.94. The van der Waals surface area contributed by atoms with Crippen LogP contribution in [0, 0.1) is 0 Å². The van der Waals surface area contributed by atoms with Gasteiger partial charge in [-0.3, -0.25) is 4.79 Å². The Morgan fingerprint density at radius 2 is 1.75 bits per heavy atom. The molecule has 2 aromatic rings. The number of hydrogen-bond donors (Lipinski definition) is 1. The average Bonchev–Trinajstić information content (AvgIpc) is 2.30. The van der Waals surface area contributed by atoms with Gasteiger partial charge in [0.25, 0.3) is 0 Å². The largest absolute Gasteiger partial charge is 0.397 e. The van der Waals surface area contributed by atoms with Crippen molar-refractivity contribution < 1.29 is 4.79 Å². The zero-order valence-electron chi connectivity index (χ0n) is 8.22. The number of hydrogen-bond acceptors (Lipinski definition) is 4. The van der Waals surface area contributed by atoms with E-state index in [2.05, 4.69) is 10.2 Å². The number of carbonyl (C=O) groups is 1. The zero-order valence-corrected chi connectivity index (χ0v) is 8.98. The van der Waals surface area contributed by atoms with Crippen LogP contribution < -0.4 is 5.73 Å². The predicted octanol–water partition coefficient (Wildman–Crippen LogP) is 1.94. The van der Waals surface area contributed by atoms with Crippen molar-refractivity contribution in [3.05, 3.63) is 52.8 Å². The van der Waals surface area contributed by atoms with E-state index in [-0.39, 0.29) is 5.78 Å². The van der Waals surface area contributed by atoms with E-state index >= 15 is 0 Å². The van der Waals surface area contributed by atoms with E-state index in [1.807, 2.05) is 0 Å². The predicted molar refractivity (Wildman–Crippen MR) is 61.3 cm³/mol. The van der Waals surface area contributed by atoms with Crippen molar-refractivity contribution in [2.75, 3.05) is 5.73 Å². The van der Waals surface area contributed by atoms with Gasteiger partial charge in [-0.15, -0.1) is 0 Å². The maximum atomic E-state index is 12.0. The molecule has 0 bridgehead atoms. The van der Waals surface area contributed by atoms with E-state index in [0.717, 1.165) is 0 Å². The first-order valence-corrected chi connectivity index (χ1v) is 4.92. The third kappa shape index (κ3) is 2.01. The molecule has 0 saturated carbocycles. The van der Waals surface area contributed by atoms with Gasteiger partial charge >= 0.3 is 0 Å². The highest BCUT2D eigenvalue weighted by Crippen LogP contribution is 2.16. The topological polar surface area (TPSA) is 68.9 Å². The molecular formula is C11H8ClN3O. The van der Waals surface area contributed by atoms with Crippen molar-refractivity contribution >= 4 is 23.1 Å². The molecule has 0 saturated heterocycles. The third-order valence-electron chi connectivity index (χ3n) is 2.11. The Morgan fingerprint density at radius 1 is 1.12 bits per heavy atom. The highest BCUT2D eigenvalue weighted by Gasteiger charge is 2.12. The smallest absolute Gasteiger partial charge is 0.196 e. The molecule has 0 amide bonds. The fourth-order valence-electron chi connectivity index (χ4n) is 1.28. The molecule has 2 rings (SSSR count). The standard InChI is InChI=1S/C11H8ClN3O/c12-8-3-1-7(2-4-8)11(16)9-5-14-15-6-10(9)13/h1-6H,(H2,13,14). The van der Waals surface area contributed by atoms with E-state index < -0.39 is 0 Å². The Labute approximate surface area is 97.1 Å². The molecule has 0 fully saturated rings. The summed E-state index contributed by atoms with van der Waals surface area (Å²) in [6.45, 7) is 0. The van der Waals surface area contributed by atoms with Crippen LogP contribution in [0.4, 0.5) is 5.69 Å². The Bertz CT molecular complexity index is 525. The summed E-state index contributed by atoms with van der Waals surface area (Å²) in [5.74, 6) is -0.191. The lowest BCUT2D eigenvalue weighted by Gasteiger charge is -2.03. The monoisotopic (exact) mass is 233 g/mol. The van der Waals surface area contributed by atoms with Crippen LogP contribution in [-0.4, -0.2) is 16.0 Å². The van der Waals surface area contributed by atoms with Crippen LogP contribution >= 0.6 is 11.6 Å². The Kier molecular flexibility index (Phi) is 2.83. The maximum absolute atomic E-state index is 12.0. The molecule has 0 spiro atoms. The first-order valence-electron chi connectivity index (χ1n) is 4.55. The van der Waals surface area contributed by atoms with Gasteiger partial charge in [-0.2, -0.15) is 10.2 Å². The second-order valence-corrected chi connectivity index (χ2v) is 3.63. The fourth-order valence-corrected chi connectivity index (χ4v) is 1.40. The molecule has 16 heavy (non-hydrogen) atoms. The molecule has 1 heterocycles. The number of aromatic nitrogens is 2. The number of nitrogens with zero attached hydrogens (tertiary/aromatic N) is 2. The van der Waals surface area contributed by atoms with E-state index in [0.29, 0.717) is 21.8 Å². The van der Waals surface area contributed by atoms with Crippen molar-refractivity contribution in [1.29, 1.82) is 0 Å². The highest BCUT2D eigenvalue weighted by atomic mass is 35.5. The zero-order chi connectivity index (χ0) is 11.5. The van der Waals surface area contributed by atoms with Crippen LogP contribution in [0.3, 0.4) is 0 Å². The minimum absolute atomic E-state index is 0.191. The quantitative estimate of drug-likeness (QED) is 0.805. The molecular weight excluding hydrogens is 226 g/mol. The van der Waals surface area contributed by atoms with Crippen molar-refractivity contribution in [2.45, 2.75) is 0 Å². The highest BCUT2D eigenvalue weighted by molar-refractivity contribution is 6.30. The number of anilines is 1. The number of rotatable bonds is 2. The lowest BCUT2D eigenvalue weighted by Crippen LogP contribution is -2.06. The number of carbonyl (C=O) groups excluding carboxylic acids is 1. The van der Waals surface area contributed by atoms with Crippen molar-refractivity contribution in [1.82, 2.24) is 10.2 Å². The second-order valence-electron chi connectivity index (χ2n) is 3.19. The van der Waals surface area contributed by atoms with Crippen molar-refractivity contribution in [3.8, 4) is 0 Å². The number of nitrogen functional groups attached to an aromatic ring is 1. The SMILES string of the molecule is Nc1cnncc1C(=O)c1ccc(Cl)cc1. The fraction of sp³-hybridized carbons (Fsp3) is 0. The average molecular weight is 234 g/mol. The van der Waals surface area contributed by atoms with Gasteiger partial charge < -0.3 is 5.73 Å². The summed E-state index contributed by atoms with van der Waals surface area (Å²) in [7, 11) is 0. The van der Waals surface area contributed by atoms with Crippen molar-refractivity contribution in [2.24, 2.45) is 0 Å². The second kappa shape index (κ2) is 4.28. The van der Waals surface area contributed by atoms with Crippen LogP contribution in [0.2, 0.25) is 5.02 Å². The first-order chi connectivity index (χ1) is 7.68. The molecule has 5 heteroatoms. The van der Waals surface area contributed by atoms with E-state index in [9.17, 15) is 4.79 Å². The Balaban J connectivity index is 2.40. The maximum Gasteiger partial charge on any atom is 0.196 e. The van der Waals surface area contributed by atoms with E-state index in [4.69, 9.17) is 17.3 Å². The molecule has 80 valence electrons. The molecule has 2 N–H and O–H groups in total. The van der Waals surface area contributed by atoms with Gasteiger partial charge in [-0.25, -0.2) is 0 Å². The number of ketones is 1. The summed E-state index contributed by atoms with van der Waals surface area (Å²) in [5, 5.41) is 7.80. The van der Waals surface area contributed by atoms with Gasteiger partial charge in [0.05, 0.1) is 23.6 Å². The van der Waals surface area contributed by atoms with Crippen LogP contribution in [0.1, 0.15) is 15.9 Å². The van der Waals surface area contributed by atoms with Crippen LogP contribution in [-0.2, 0) is 0 Å². The minimum atomic E-state index is -0.191. The lowest BCUT2D eigenvalue weighted by molar-refractivity contribution is 0.103. The van der Waals surface area contributed by atoms with Gasteiger partial charge in [0.2, 0.25) is 0 Å². The molecule has 0 unspecified atom stereocenters. The molecule has 0 aliphatic rings. The Morgan fingerprint density at radius 3 is 2.38 bits per heavy atom. The summed E-state index contributed by atoms with van der Waals surface area (Å²) in [5.41, 5.74) is 6.82. The summed E-state index contributed by atoms with van der Waals surface area (Å²) in [6.07, 6.45) is 2.70. The third-order valence-corrected chi connectivity index (χ3v) is 2.36. The van der Waals surface area contributed by atoms with Gasteiger partial charge in [0.15, 0.2) is 5.78 Å². The van der Waals surface area contributed by atoms with Crippen LogP contribution in [0.5, 0.6) is 0 Å². The van der Waals surface area contributed by atoms with Gasteiger partial charge in [-0.1, -0.05) is 11.6 Å². The molecule has 0 radical (unpaired) electrons. The van der Waals surface area contributed by atoms with Crippen LogP contribution in [0.25, 0.3) is 0 Å². The molecule has 1 aromatic heterocycles. The van der Waals surface area contributed by atoms with Crippen LogP contribution in [0.15, 0.2) is 36.7 Å². The molecule has 0 aliphatic heterocycles. The van der Waals surface area contributed by atoms with Gasteiger partial charge in [-0.05, 0) is 24.3 Å². The normalized spacial score (nSPS) is 10.1. The number of benzene rings is 1. The number of nitrogens with two attached hydrogens (primary N) is 1. The summed E-state index contributed by atoms with van der Waals surface area (Å²) < 4.78 is 0. The summed E-state index contributed by atoms with van der Waals surface area (Å²) in [4.78, 5) is 12.0. The molecule has 0 atom stereocenters. The summed E-state index contributed by atoms with van der Waals surface area (Å²) in [6, 6.07) is 6.59. The summed E-state index contributed by atoms with van der Waals surface area (Å²) >= 11 is 5.74. The molecule has 1 aromatic carbocycles. The van der Waals surface area contributed by atoms with E-state index in [1.165, 1.54) is 12.4 Å².